The van der Waals surface area contributed by atoms with Crippen LogP contribution in [0.3, 0.4) is 0 Å². The van der Waals surface area contributed by atoms with Gasteiger partial charge in [0.2, 0.25) is 0 Å². The lowest BCUT2D eigenvalue weighted by molar-refractivity contribution is -0.159. The van der Waals surface area contributed by atoms with Crippen LogP contribution in [0.2, 0.25) is 0 Å². The van der Waals surface area contributed by atoms with E-state index in [1.807, 2.05) is 19.1 Å². The van der Waals surface area contributed by atoms with E-state index in [0.29, 0.717) is 22.3 Å². The second-order valence-electron chi connectivity index (χ2n) is 7.99. The van der Waals surface area contributed by atoms with E-state index in [0.717, 1.165) is 10.5 Å². The molecule has 170 valence electrons. The Kier molecular flexibility index (Phi) is 5.57. The lowest BCUT2D eigenvalue weighted by Crippen LogP contribution is -2.56. The molecule has 1 unspecified atom stereocenters. The zero-order valence-electron chi connectivity index (χ0n) is 17.8. The minimum Gasteiger partial charge on any atom is -0.478 e. The van der Waals surface area contributed by atoms with Crippen LogP contribution < -0.4 is 10.2 Å². The fraction of sp³-hybridized carbons (Fsp3) is 0.304. The SMILES string of the molecule is Cc1cc([C@@H](C)Nc2ccccc2C(=O)O)c2nc(N3CCC3C(F)(F)F)c(C#N)nc2c1. The predicted molar refractivity (Wildman–Crippen MR) is 116 cm³/mol. The van der Waals surface area contributed by atoms with Gasteiger partial charge in [-0.1, -0.05) is 18.2 Å². The van der Waals surface area contributed by atoms with Gasteiger partial charge >= 0.3 is 12.1 Å². The van der Waals surface area contributed by atoms with Crippen molar-refractivity contribution < 1.29 is 23.1 Å². The van der Waals surface area contributed by atoms with Crippen molar-refractivity contribution in [3.8, 4) is 6.07 Å². The summed E-state index contributed by atoms with van der Waals surface area (Å²) in [7, 11) is 0. The standard InChI is InChI=1S/C23H20F3N5O2/c1-12-9-15(13(2)28-16-6-4-3-5-14(16)22(32)33)20-17(10-12)29-18(11-27)21(30-20)31-8-7-19(31)23(24,25)26/h3-6,9-10,13,19,28H,7-8H2,1-2H3,(H,32,33)/t13-,19?/m1/s1. The van der Waals surface area contributed by atoms with E-state index in [2.05, 4.69) is 15.3 Å². The van der Waals surface area contributed by atoms with Gasteiger partial charge in [-0.05, 0) is 44.0 Å². The minimum absolute atomic E-state index is 0.0707. The third-order valence-electron chi connectivity index (χ3n) is 5.70. The predicted octanol–water partition coefficient (Wildman–Crippen LogP) is 4.82. The Balaban J connectivity index is 1.81. The summed E-state index contributed by atoms with van der Waals surface area (Å²) < 4.78 is 40.1. The van der Waals surface area contributed by atoms with Gasteiger partial charge in [0.1, 0.15) is 12.1 Å². The summed E-state index contributed by atoms with van der Waals surface area (Å²) in [5.41, 5.74) is 2.52. The number of rotatable bonds is 5. The van der Waals surface area contributed by atoms with E-state index in [1.165, 1.54) is 6.07 Å². The number of benzene rings is 2. The van der Waals surface area contributed by atoms with E-state index < -0.39 is 24.2 Å². The molecule has 33 heavy (non-hydrogen) atoms. The molecular formula is C23H20F3N5O2. The zero-order valence-corrected chi connectivity index (χ0v) is 17.8. The lowest BCUT2D eigenvalue weighted by atomic mass is 10.0. The molecule has 1 fully saturated rings. The van der Waals surface area contributed by atoms with Gasteiger partial charge in [-0.3, -0.25) is 0 Å². The molecular weight excluding hydrogens is 435 g/mol. The van der Waals surface area contributed by atoms with Crippen LogP contribution in [0.1, 0.15) is 46.6 Å². The fourth-order valence-electron chi connectivity index (χ4n) is 4.02. The van der Waals surface area contributed by atoms with Gasteiger partial charge in [0.15, 0.2) is 11.5 Å². The molecule has 1 aliphatic rings. The van der Waals surface area contributed by atoms with Gasteiger partial charge in [0.25, 0.3) is 0 Å². The number of carboxylic acids is 1. The molecule has 1 aliphatic heterocycles. The molecule has 1 aromatic heterocycles. The molecule has 2 N–H and O–H groups in total. The van der Waals surface area contributed by atoms with Crippen LogP contribution in [-0.4, -0.2) is 39.8 Å². The fourth-order valence-corrected chi connectivity index (χ4v) is 4.02. The number of fused-ring (bicyclic) bond motifs is 1. The van der Waals surface area contributed by atoms with Gasteiger partial charge in [-0.2, -0.15) is 18.4 Å². The van der Waals surface area contributed by atoms with E-state index in [1.54, 1.807) is 31.2 Å². The summed E-state index contributed by atoms with van der Waals surface area (Å²) in [6.07, 6.45) is -4.51. The van der Waals surface area contributed by atoms with Crippen LogP contribution >= 0.6 is 0 Å². The van der Waals surface area contributed by atoms with Crippen molar-refractivity contribution in [2.24, 2.45) is 0 Å². The Morgan fingerprint density at radius 3 is 2.64 bits per heavy atom. The highest BCUT2D eigenvalue weighted by atomic mass is 19.4. The van der Waals surface area contributed by atoms with Gasteiger partial charge in [-0.15, -0.1) is 0 Å². The van der Waals surface area contributed by atoms with Crippen molar-refractivity contribution in [3.05, 3.63) is 58.8 Å². The summed E-state index contributed by atoms with van der Waals surface area (Å²) in [5, 5.41) is 22.1. The van der Waals surface area contributed by atoms with Gasteiger partial charge < -0.3 is 15.3 Å². The van der Waals surface area contributed by atoms with Crippen molar-refractivity contribution in [2.75, 3.05) is 16.8 Å². The molecule has 2 atom stereocenters. The van der Waals surface area contributed by atoms with Crippen LogP contribution in [0.15, 0.2) is 36.4 Å². The number of aromatic carboxylic acids is 1. The number of carbonyl (C=O) groups is 1. The van der Waals surface area contributed by atoms with Crippen molar-refractivity contribution in [2.45, 2.75) is 38.5 Å². The molecule has 1 saturated heterocycles. The Bertz CT molecular complexity index is 1290. The van der Waals surface area contributed by atoms with E-state index >= 15 is 0 Å². The molecule has 2 aromatic carbocycles. The molecule has 0 radical (unpaired) electrons. The van der Waals surface area contributed by atoms with Crippen LogP contribution in [0, 0.1) is 18.3 Å². The Morgan fingerprint density at radius 2 is 2.03 bits per heavy atom. The van der Waals surface area contributed by atoms with E-state index in [9.17, 15) is 28.3 Å². The largest absolute Gasteiger partial charge is 0.478 e. The number of carboxylic acid groups (broad SMARTS) is 1. The first-order valence-corrected chi connectivity index (χ1v) is 10.2. The molecule has 0 spiro atoms. The molecule has 7 nitrogen and oxygen atoms in total. The number of anilines is 2. The third kappa shape index (κ3) is 4.14. The molecule has 2 heterocycles. The van der Waals surface area contributed by atoms with Crippen LogP contribution in [0.4, 0.5) is 24.7 Å². The van der Waals surface area contributed by atoms with Crippen molar-refractivity contribution in [3.63, 3.8) is 0 Å². The minimum atomic E-state index is -4.44. The smallest absolute Gasteiger partial charge is 0.408 e. The molecule has 0 bridgehead atoms. The topological polar surface area (TPSA) is 102 Å². The number of hydrogen-bond acceptors (Lipinski definition) is 6. The average Bonchev–Trinajstić information content (AvgIpc) is 2.71. The first-order chi connectivity index (χ1) is 15.6. The molecule has 0 amide bonds. The Morgan fingerprint density at radius 1 is 1.30 bits per heavy atom. The maximum atomic E-state index is 13.4. The maximum absolute atomic E-state index is 13.4. The number of aryl methyl sites for hydroxylation is 1. The first-order valence-electron chi connectivity index (χ1n) is 10.2. The molecule has 0 saturated carbocycles. The van der Waals surface area contributed by atoms with Crippen LogP contribution in [0.25, 0.3) is 11.0 Å². The van der Waals surface area contributed by atoms with Crippen molar-refractivity contribution >= 4 is 28.5 Å². The number of halogens is 3. The summed E-state index contributed by atoms with van der Waals surface area (Å²) in [5.74, 6) is -1.18. The van der Waals surface area contributed by atoms with Crippen LogP contribution in [0.5, 0.6) is 0 Å². The zero-order chi connectivity index (χ0) is 23.9. The second-order valence-corrected chi connectivity index (χ2v) is 7.99. The molecule has 0 aliphatic carbocycles. The Hall–Kier alpha value is -3.87. The number of hydrogen-bond donors (Lipinski definition) is 2. The molecule has 10 heteroatoms. The normalized spacial score (nSPS) is 16.7. The third-order valence-corrected chi connectivity index (χ3v) is 5.70. The highest BCUT2D eigenvalue weighted by molar-refractivity contribution is 5.94. The second kappa shape index (κ2) is 8.24. The van der Waals surface area contributed by atoms with Gasteiger partial charge in [0, 0.05) is 17.8 Å². The number of alkyl halides is 3. The van der Waals surface area contributed by atoms with E-state index in [4.69, 9.17) is 0 Å². The highest BCUT2D eigenvalue weighted by Crippen LogP contribution is 2.38. The summed E-state index contributed by atoms with van der Waals surface area (Å²) in [6, 6.07) is 9.69. The number of nitriles is 1. The number of nitrogens with one attached hydrogen (secondary N) is 1. The maximum Gasteiger partial charge on any atom is 0.408 e. The monoisotopic (exact) mass is 455 g/mol. The molecule has 3 aromatic rings. The van der Waals surface area contributed by atoms with Crippen LogP contribution in [-0.2, 0) is 0 Å². The van der Waals surface area contributed by atoms with Gasteiger partial charge in [-0.25, -0.2) is 14.8 Å². The van der Waals surface area contributed by atoms with E-state index in [-0.39, 0.29) is 30.0 Å². The van der Waals surface area contributed by atoms with Crippen molar-refractivity contribution in [1.29, 1.82) is 5.26 Å². The van der Waals surface area contributed by atoms with Crippen molar-refractivity contribution in [1.82, 2.24) is 9.97 Å². The summed E-state index contributed by atoms with van der Waals surface area (Å²) in [4.78, 5) is 21.4. The average molecular weight is 455 g/mol. The summed E-state index contributed by atoms with van der Waals surface area (Å²) in [6.45, 7) is 3.76. The first kappa shape index (κ1) is 22.3. The highest BCUT2D eigenvalue weighted by Gasteiger charge is 2.50. The molecule has 4 rings (SSSR count). The number of aromatic nitrogens is 2. The van der Waals surface area contributed by atoms with Gasteiger partial charge in [0.05, 0.1) is 22.6 Å². The number of nitrogens with zero attached hydrogens (tertiary/aromatic N) is 4. The summed E-state index contributed by atoms with van der Waals surface area (Å²) >= 11 is 0. The number of para-hydroxylation sites is 1. The lowest BCUT2D eigenvalue weighted by Gasteiger charge is -2.42. The Labute approximate surface area is 187 Å². The quantitative estimate of drug-likeness (QED) is 0.569.